The number of rotatable bonds is 4. The van der Waals surface area contributed by atoms with Gasteiger partial charge in [-0.2, -0.15) is 0 Å². The van der Waals surface area contributed by atoms with Crippen LogP contribution >= 0.6 is 11.6 Å². The molecule has 0 spiro atoms. The molecule has 5 nitrogen and oxygen atoms in total. The number of amides is 1. The molecule has 26 heavy (non-hydrogen) atoms. The van der Waals surface area contributed by atoms with Gasteiger partial charge in [-0.1, -0.05) is 23.7 Å². The van der Waals surface area contributed by atoms with Gasteiger partial charge in [0, 0.05) is 24.5 Å². The highest BCUT2D eigenvalue weighted by atomic mass is 35.5. The second-order valence-corrected chi connectivity index (χ2v) is 6.96. The number of carbonyl (C=O) groups excluding carboxylic acids is 1. The van der Waals surface area contributed by atoms with Crippen LogP contribution in [-0.4, -0.2) is 38.8 Å². The Morgan fingerprint density at radius 1 is 1.12 bits per heavy atom. The topological polar surface area (TPSA) is 50.8 Å². The summed E-state index contributed by atoms with van der Waals surface area (Å²) in [6.45, 7) is 3.70. The zero-order chi connectivity index (χ0) is 17.9. The summed E-state index contributed by atoms with van der Waals surface area (Å²) < 4.78 is 10.9. The minimum absolute atomic E-state index is 0.0550. The molecule has 1 N–H and O–H groups in total. The molecule has 0 aromatic heterocycles. The molecule has 136 valence electrons. The van der Waals surface area contributed by atoms with Crippen molar-refractivity contribution in [2.45, 2.75) is 12.8 Å². The van der Waals surface area contributed by atoms with Gasteiger partial charge in [-0.3, -0.25) is 4.79 Å². The maximum absolute atomic E-state index is 12.6. The van der Waals surface area contributed by atoms with Crippen LogP contribution in [-0.2, 0) is 22.4 Å². The summed E-state index contributed by atoms with van der Waals surface area (Å²) in [4.78, 5) is 14.8. The van der Waals surface area contributed by atoms with Crippen LogP contribution in [0, 0.1) is 0 Å². The van der Waals surface area contributed by atoms with Crippen LogP contribution in [0.15, 0.2) is 36.4 Å². The Bertz CT molecular complexity index is 819. The van der Waals surface area contributed by atoms with E-state index in [1.54, 1.807) is 6.07 Å². The zero-order valence-corrected chi connectivity index (χ0v) is 15.2. The summed E-state index contributed by atoms with van der Waals surface area (Å²) in [7, 11) is 0. The molecule has 0 unspecified atom stereocenters. The number of nitrogens with one attached hydrogen (secondary N) is 1. The quantitative estimate of drug-likeness (QED) is 0.894. The first kappa shape index (κ1) is 17.2. The van der Waals surface area contributed by atoms with Crippen molar-refractivity contribution in [2.75, 3.05) is 43.1 Å². The molecule has 0 bridgehead atoms. The van der Waals surface area contributed by atoms with Crippen LogP contribution in [0.25, 0.3) is 0 Å². The van der Waals surface area contributed by atoms with E-state index < -0.39 is 0 Å². The predicted octanol–water partition coefficient (Wildman–Crippen LogP) is 3.29. The largest absolute Gasteiger partial charge is 0.493 e. The minimum atomic E-state index is -0.0550. The molecule has 0 atom stereocenters. The molecule has 2 aliphatic rings. The van der Waals surface area contributed by atoms with Crippen molar-refractivity contribution in [3.05, 3.63) is 52.5 Å². The SMILES string of the molecule is O=C(Cc1ccc2c(c1)CCO2)Nc1cc(Cl)ccc1N1CCOCC1. The second kappa shape index (κ2) is 7.56. The summed E-state index contributed by atoms with van der Waals surface area (Å²) in [6, 6.07) is 11.6. The number of hydrogen-bond acceptors (Lipinski definition) is 4. The Balaban J connectivity index is 1.49. The molecular weight excluding hydrogens is 352 g/mol. The molecule has 2 aliphatic heterocycles. The zero-order valence-electron chi connectivity index (χ0n) is 14.5. The summed E-state index contributed by atoms with van der Waals surface area (Å²) in [6.07, 6.45) is 1.22. The van der Waals surface area contributed by atoms with Gasteiger partial charge in [-0.05, 0) is 35.4 Å². The van der Waals surface area contributed by atoms with E-state index in [2.05, 4.69) is 16.3 Å². The molecule has 2 aromatic carbocycles. The fourth-order valence-electron chi connectivity index (χ4n) is 3.42. The Labute approximate surface area is 157 Å². The van der Waals surface area contributed by atoms with Crippen molar-refractivity contribution in [2.24, 2.45) is 0 Å². The van der Waals surface area contributed by atoms with Gasteiger partial charge in [0.2, 0.25) is 5.91 Å². The van der Waals surface area contributed by atoms with E-state index in [0.29, 0.717) is 24.7 Å². The molecule has 0 radical (unpaired) electrons. The van der Waals surface area contributed by atoms with E-state index in [1.165, 1.54) is 5.56 Å². The minimum Gasteiger partial charge on any atom is -0.493 e. The normalized spacial score (nSPS) is 16.1. The Kier molecular flexibility index (Phi) is 5.00. The Morgan fingerprint density at radius 2 is 1.96 bits per heavy atom. The number of carbonyl (C=O) groups is 1. The van der Waals surface area contributed by atoms with E-state index >= 15 is 0 Å². The number of hydrogen-bond donors (Lipinski definition) is 1. The van der Waals surface area contributed by atoms with Gasteiger partial charge in [0.25, 0.3) is 0 Å². The lowest BCUT2D eigenvalue weighted by molar-refractivity contribution is -0.115. The van der Waals surface area contributed by atoms with Crippen LogP contribution in [0.1, 0.15) is 11.1 Å². The number of nitrogens with zero attached hydrogens (tertiary/aromatic N) is 1. The van der Waals surface area contributed by atoms with E-state index in [0.717, 1.165) is 48.8 Å². The van der Waals surface area contributed by atoms with E-state index in [-0.39, 0.29) is 5.91 Å². The summed E-state index contributed by atoms with van der Waals surface area (Å²) in [5.74, 6) is 0.874. The van der Waals surface area contributed by atoms with E-state index in [9.17, 15) is 4.79 Å². The van der Waals surface area contributed by atoms with Gasteiger partial charge >= 0.3 is 0 Å². The molecule has 0 aliphatic carbocycles. The number of halogens is 1. The summed E-state index contributed by atoms with van der Waals surface area (Å²) in [5.41, 5.74) is 3.89. The monoisotopic (exact) mass is 372 g/mol. The first-order valence-corrected chi connectivity index (χ1v) is 9.23. The van der Waals surface area contributed by atoms with E-state index in [4.69, 9.17) is 21.1 Å². The molecule has 4 rings (SSSR count). The lowest BCUT2D eigenvalue weighted by Gasteiger charge is -2.30. The van der Waals surface area contributed by atoms with Crippen LogP contribution in [0.2, 0.25) is 5.02 Å². The third-order valence-electron chi connectivity index (χ3n) is 4.70. The number of anilines is 2. The Morgan fingerprint density at radius 3 is 2.81 bits per heavy atom. The summed E-state index contributed by atoms with van der Waals surface area (Å²) in [5, 5.41) is 3.63. The molecule has 1 fully saturated rings. The van der Waals surface area contributed by atoms with Crippen molar-refractivity contribution in [1.29, 1.82) is 0 Å². The third-order valence-corrected chi connectivity index (χ3v) is 4.94. The molecule has 1 saturated heterocycles. The van der Waals surface area contributed by atoms with Crippen LogP contribution in [0.3, 0.4) is 0 Å². The van der Waals surface area contributed by atoms with Gasteiger partial charge in [0.05, 0.1) is 37.6 Å². The number of ether oxygens (including phenoxy) is 2. The number of benzene rings is 2. The molecular formula is C20H21ClN2O3. The smallest absolute Gasteiger partial charge is 0.228 e. The van der Waals surface area contributed by atoms with Gasteiger partial charge in [0.15, 0.2) is 0 Å². The third kappa shape index (κ3) is 3.79. The highest BCUT2D eigenvalue weighted by Gasteiger charge is 2.18. The van der Waals surface area contributed by atoms with Gasteiger partial charge in [0.1, 0.15) is 5.75 Å². The molecule has 1 amide bonds. The van der Waals surface area contributed by atoms with Gasteiger partial charge < -0.3 is 19.7 Å². The average Bonchev–Trinajstić information content (AvgIpc) is 3.10. The van der Waals surface area contributed by atoms with Crippen molar-refractivity contribution < 1.29 is 14.3 Å². The van der Waals surface area contributed by atoms with Crippen molar-refractivity contribution >= 4 is 28.9 Å². The fraction of sp³-hybridized carbons (Fsp3) is 0.350. The van der Waals surface area contributed by atoms with Crippen molar-refractivity contribution in [3.63, 3.8) is 0 Å². The fourth-order valence-corrected chi connectivity index (χ4v) is 3.59. The van der Waals surface area contributed by atoms with Crippen LogP contribution in [0.4, 0.5) is 11.4 Å². The van der Waals surface area contributed by atoms with Crippen LogP contribution in [0.5, 0.6) is 5.75 Å². The maximum Gasteiger partial charge on any atom is 0.228 e. The highest BCUT2D eigenvalue weighted by Crippen LogP contribution is 2.30. The standard InChI is InChI=1S/C20H21ClN2O3/c21-16-2-3-18(23-6-9-25-10-7-23)17(13-16)22-20(24)12-14-1-4-19-15(11-14)5-8-26-19/h1-4,11,13H,5-10,12H2,(H,22,24). The van der Waals surface area contributed by atoms with Crippen molar-refractivity contribution in [3.8, 4) is 5.75 Å². The molecule has 0 saturated carbocycles. The average molecular weight is 373 g/mol. The first-order valence-electron chi connectivity index (χ1n) is 8.86. The lowest BCUT2D eigenvalue weighted by atomic mass is 10.1. The number of morpholine rings is 1. The molecule has 6 heteroatoms. The predicted molar refractivity (Wildman–Crippen MR) is 102 cm³/mol. The van der Waals surface area contributed by atoms with Crippen LogP contribution < -0.4 is 15.0 Å². The molecule has 2 heterocycles. The van der Waals surface area contributed by atoms with Crippen molar-refractivity contribution in [1.82, 2.24) is 0 Å². The maximum atomic E-state index is 12.6. The summed E-state index contributed by atoms with van der Waals surface area (Å²) >= 11 is 6.15. The van der Waals surface area contributed by atoms with E-state index in [1.807, 2.05) is 24.3 Å². The van der Waals surface area contributed by atoms with Gasteiger partial charge in [-0.15, -0.1) is 0 Å². The highest BCUT2D eigenvalue weighted by molar-refractivity contribution is 6.31. The Hall–Kier alpha value is -2.24. The first-order chi connectivity index (χ1) is 12.7. The second-order valence-electron chi connectivity index (χ2n) is 6.53. The number of fused-ring (bicyclic) bond motifs is 1. The lowest BCUT2D eigenvalue weighted by Crippen LogP contribution is -2.36. The molecule has 2 aromatic rings. The van der Waals surface area contributed by atoms with Gasteiger partial charge in [-0.25, -0.2) is 0 Å².